The molecule has 116 valence electrons. The van der Waals surface area contributed by atoms with Crippen LogP contribution in [0.1, 0.15) is 33.1 Å². The predicted molar refractivity (Wildman–Crippen MR) is 93.7 cm³/mol. The second-order valence-electron chi connectivity index (χ2n) is 5.18. The summed E-state index contributed by atoms with van der Waals surface area (Å²) >= 11 is 3.38. The fourth-order valence-electron chi connectivity index (χ4n) is 1.92. The molecule has 2 nitrogen and oxygen atoms in total. The summed E-state index contributed by atoms with van der Waals surface area (Å²) in [6.45, 7) is 4.12. The Morgan fingerprint density at radius 3 is 2.29 bits per heavy atom. The van der Waals surface area contributed by atoms with Crippen LogP contribution in [0.4, 0.5) is 0 Å². The molecule has 0 aliphatic rings. The Morgan fingerprint density at radius 2 is 1.67 bits per heavy atom. The van der Waals surface area contributed by atoms with Crippen LogP contribution in [-0.4, -0.2) is 19.5 Å². The van der Waals surface area contributed by atoms with Gasteiger partial charge >= 0.3 is 0 Å². The van der Waals surface area contributed by atoms with E-state index in [0.29, 0.717) is 11.3 Å². The van der Waals surface area contributed by atoms with Crippen molar-refractivity contribution in [3.8, 4) is 0 Å². The van der Waals surface area contributed by atoms with Gasteiger partial charge in [0, 0.05) is 5.33 Å². The lowest BCUT2D eigenvalue weighted by atomic mass is 10.1. The maximum Gasteiger partial charge on any atom is 0.178 e. The van der Waals surface area contributed by atoms with Crippen molar-refractivity contribution < 1.29 is 8.42 Å². The summed E-state index contributed by atoms with van der Waals surface area (Å²) in [4.78, 5) is 0.411. The van der Waals surface area contributed by atoms with E-state index in [1.807, 2.05) is 13.0 Å². The monoisotopic (exact) mass is 370 g/mol. The molecule has 1 aromatic carbocycles. The minimum absolute atomic E-state index is 0.176. The van der Waals surface area contributed by atoms with Gasteiger partial charge in [-0.3, -0.25) is 0 Å². The maximum absolute atomic E-state index is 12.2. The third kappa shape index (κ3) is 7.09. The third-order valence-electron chi connectivity index (χ3n) is 3.32. The molecule has 0 N–H and O–H groups in total. The van der Waals surface area contributed by atoms with Crippen LogP contribution in [-0.2, 0) is 9.84 Å². The van der Waals surface area contributed by atoms with Crippen molar-refractivity contribution in [2.75, 3.05) is 11.1 Å². The highest BCUT2D eigenvalue weighted by Gasteiger charge is 2.13. The third-order valence-corrected chi connectivity index (χ3v) is 5.38. The fraction of sp³-hybridized carbons (Fsp3) is 0.412. The van der Waals surface area contributed by atoms with E-state index >= 15 is 0 Å². The summed E-state index contributed by atoms with van der Waals surface area (Å²) in [5.74, 6) is 0.176. The summed E-state index contributed by atoms with van der Waals surface area (Å²) in [5, 5.41) is 0.886. The predicted octanol–water partition coefficient (Wildman–Crippen LogP) is 4.92. The van der Waals surface area contributed by atoms with Crippen LogP contribution >= 0.6 is 15.9 Å². The number of rotatable bonds is 8. The Hall–Kier alpha value is -0.870. The van der Waals surface area contributed by atoms with E-state index in [0.717, 1.165) is 23.7 Å². The minimum atomic E-state index is -3.16. The van der Waals surface area contributed by atoms with Gasteiger partial charge in [-0.25, -0.2) is 8.42 Å². The van der Waals surface area contributed by atoms with Gasteiger partial charge in [-0.1, -0.05) is 57.4 Å². The molecule has 0 amide bonds. The molecule has 0 saturated heterocycles. The van der Waals surface area contributed by atoms with Gasteiger partial charge in [0.2, 0.25) is 0 Å². The van der Waals surface area contributed by atoms with E-state index in [-0.39, 0.29) is 5.75 Å². The van der Waals surface area contributed by atoms with Crippen LogP contribution in [0.25, 0.3) is 0 Å². The lowest BCUT2D eigenvalue weighted by molar-refractivity contribution is 0.595. The molecule has 0 aromatic heterocycles. The number of alkyl halides is 1. The van der Waals surface area contributed by atoms with Crippen molar-refractivity contribution in [2.45, 2.75) is 38.0 Å². The van der Waals surface area contributed by atoms with E-state index in [1.165, 1.54) is 5.57 Å². The molecule has 0 radical (unpaired) electrons. The van der Waals surface area contributed by atoms with E-state index in [1.54, 1.807) is 24.3 Å². The number of hydrogen-bond donors (Lipinski definition) is 0. The standard InChI is InChI=1S/C17H23BrO2S/c1-15(11-13-18)7-6-8-16(2)12-14-21(19,20)17-9-4-3-5-10-17/h3-5,8-11H,6-7,12-14H2,1-2H3/b15-11+,16-8+. The molecule has 1 rings (SSSR count). The zero-order valence-electron chi connectivity index (χ0n) is 12.7. The van der Waals surface area contributed by atoms with Crippen LogP contribution in [0.2, 0.25) is 0 Å². The maximum atomic E-state index is 12.2. The Balaban J connectivity index is 2.49. The van der Waals surface area contributed by atoms with Crippen molar-refractivity contribution >= 4 is 25.8 Å². The Labute approximate surface area is 137 Å². The van der Waals surface area contributed by atoms with Crippen molar-refractivity contribution in [2.24, 2.45) is 0 Å². The first kappa shape index (κ1) is 18.2. The van der Waals surface area contributed by atoms with Crippen LogP contribution < -0.4 is 0 Å². The van der Waals surface area contributed by atoms with Gasteiger partial charge in [0.1, 0.15) is 0 Å². The topological polar surface area (TPSA) is 34.1 Å². The Kier molecular flexibility index (Phi) is 7.97. The molecule has 0 saturated carbocycles. The van der Waals surface area contributed by atoms with E-state index in [2.05, 4.69) is 35.0 Å². The largest absolute Gasteiger partial charge is 0.224 e. The molecule has 0 spiro atoms. The first-order valence-electron chi connectivity index (χ1n) is 7.11. The number of sulfone groups is 1. The van der Waals surface area contributed by atoms with Gasteiger partial charge in [0.05, 0.1) is 10.6 Å². The number of halogens is 1. The van der Waals surface area contributed by atoms with Crippen LogP contribution in [0.15, 0.2) is 58.5 Å². The zero-order valence-corrected chi connectivity index (χ0v) is 15.1. The summed E-state index contributed by atoms with van der Waals surface area (Å²) in [6, 6.07) is 8.65. The average Bonchev–Trinajstić information content (AvgIpc) is 2.46. The van der Waals surface area contributed by atoms with Gasteiger partial charge in [0.15, 0.2) is 9.84 Å². The molecular weight excluding hydrogens is 348 g/mol. The molecule has 0 atom stereocenters. The molecule has 1 aromatic rings. The van der Waals surface area contributed by atoms with E-state index < -0.39 is 9.84 Å². The second-order valence-corrected chi connectivity index (χ2v) is 7.93. The van der Waals surface area contributed by atoms with Gasteiger partial charge in [-0.2, -0.15) is 0 Å². The highest BCUT2D eigenvalue weighted by atomic mass is 79.9. The number of allylic oxidation sites excluding steroid dienone is 4. The molecule has 21 heavy (non-hydrogen) atoms. The van der Waals surface area contributed by atoms with Crippen molar-refractivity contribution in [3.05, 3.63) is 53.6 Å². The number of benzene rings is 1. The molecular formula is C17H23BrO2S. The van der Waals surface area contributed by atoms with Crippen molar-refractivity contribution in [1.82, 2.24) is 0 Å². The summed E-state index contributed by atoms with van der Waals surface area (Å²) in [7, 11) is -3.16. The Bertz CT molecular complexity index is 586. The second kappa shape index (κ2) is 9.21. The van der Waals surface area contributed by atoms with Crippen LogP contribution in [0.5, 0.6) is 0 Å². The molecule has 0 heterocycles. The SMILES string of the molecule is C/C(=C\CBr)CC/C=C(\C)CCS(=O)(=O)c1ccccc1. The van der Waals surface area contributed by atoms with E-state index in [9.17, 15) is 8.42 Å². The molecule has 0 aliphatic heterocycles. The fourth-order valence-corrected chi connectivity index (χ4v) is 3.87. The molecule has 0 bridgehead atoms. The molecule has 0 fully saturated rings. The van der Waals surface area contributed by atoms with Crippen molar-refractivity contribution in [1.29, 1.82) is 0 Å². The van der Waals surface area contributed by atoms with E-state index in [4.69, 9.17) is 0 Å². The smallest absolute Gasteiger partial charge is 0.178 e. The lowest BCUT2D eigenvalue weighted by Crippen LogP contribution is -2.07. The first-order valence-corrected chi connectivity index (χ1v) is 9.88. The van der Waals surface area contributed by atoms with Crippen LogP contribution in [0, 0.1) is 0 Å². The van der Waals surface area contributed by atoms with Crippen LogP contribution in [0.3, 0.4) is 0 Å². The highest BCUT2D eigenvalue weighted by molar-refractivity contribution is 9.09. The quantitative estimate of drug-likeness (QED) is 0.480. The highest BCUT2D eigenvalue weighted by Crippen LogP contribution is 2.15. The summed E-state index contributed by atoms with van der Waals surface area (Å²) < 4.78 is 24.3. The summed E-state index contributed by atoms with van der Waals surface area (Å²) in [6.07, 6.45) is 6.88. The Morgan fingerprint density at radius 1 is 1.05 bits per heavy atom. The number of hydrogen-bond acceptors (Lipinski definition) is 2. The van der Waals surface area contributed by atoms with Crippen molar-refractivity contribution in [3.63, 3.8) is 0 Å². The molecule has 0 unspecified atom stereocenters. The normalized spacial score (nSPS) is 13.5. The molecule has 0 aliphatic carbocycles. The average molecular weight is 371 g/mol. The van der Waals surface area contributed by atoms with Gasteiger partial charge in [-0.05, 0) is 45.2 Å². The van der Waals surface area contributed by atoms with Gasteiger partial charge < -0.3 is 0 Å². The molecule has 4 heteroatoms. The zero-order chi connectivity index (χ0) is 15.7. The summed E-state index contributed by atoms with van der Waals surface area (Å²) in [5.41, 5.74) is 2.49. The first-order chi connectivity index (χ1) is 9.95. The lowest BCUT2D eigenvalue weighted by Gasteiger charge is -2.05. The van der Waals surface area contributed by atoms with Gasteiger partial charge in [0.25, 0.3) is 0 Å². The minimum Gasteiger partial charge on any atom is -0.224 e. The van der Waals surface area contributed by atoms with Gasteiger partial charge in [-0.15, -0.1) is 0 Å².